The first-order chi connectivity index (χ1) is 21.8. The summed E-state index contributed by atoms with van der Waals surface area (Å²) in [5.41, 5.74) is 9.15. The molecule has 4 aromatic heterocycles. The molecular weight excluding hydrogens is 665 g/mol. The van der Waals surface area contributed by atoms with Gasteiger partial charge in [-0.1, -0.05) is 0 Å². The zero-order chi connectivity index (χ0) is 32.2. The highest BCUT2D eigenvalue weighted by molar-refractivity contribution is 7.47. The van der Waals surface area contributed by atoms with Crippen LogP contribution in [-0.2, 0) is 41.4 Å². The van der Waals surface area contributed by atoms with Crippen molar-refractivity contribution in [3.8, 4) is 0 Å². The normalized spacial score (nSPS) is 39.7. The van der Waals surface area contributed by atoms with E-state index in [1.54, 1.807) is 0 Å². The lowest BCUT2D eigenvalue weighted by atomic mass is 10.0. The maximum atomic E-state index is 15.8. The molecule has 246 valence electrons. The largest absolute Gasteiger partial charge is 0.472 e. The number of phosphoric acid groups is 2. The third-order valence-corrected chi connectivity index (χ3v) is 9.93. The van der Waals surface area contributed by atoms with E-state index in [1.165, 1.54) is 17.2 Å². The summed E-state index contributed by atoms with van der Waals surface area (Å²) in [4.78, 5) is 56.3. The third-order valence-electron chi connectivity index (χ3n) is 8.00. The molecule has 0 radical (unpaired) electrons. The van der Waals surface area contributed by atoms with Crippen molar-refractivity contribution >= 4 is 49.7 Å². The first kappa shape index (κ1) is 29.9. The fraction of sp³-hybridized carbons (Fsp3) is 0.524. The minimum Gasteiger partial charge on any atom is -0.382 e. The lowest BCUT2D eigenvalue weighted by Crippen LogP contribution is -2.45. The first-order valence-electron chi connectivity index (χ1n) is 13.4. The van der Waals surface area contributed by atoms with Crippen molar-refractivity contribution < 1.29 is 55.6 Å². The molecule has 8 heterocycles. The second-order valence-corrected chi connectivity index (χ2v) is 13.6. The van der Waals surface area contributed by atoms with Crippen molar-refractivity contribution in [2.75, 3.05) is 31.3 Å². The van der Waals surface area contributed by atoms with Crippen molar-refractivity contribution in [1.82, 2.24) is 39.0 Å². The van der Waals surface area contributed by atoms with Crippen LogP contribution in [0.15, 0.2) is 23.8 Å². The molecule has 0 saturated carbocycles. The molecule has 10 atom stereocenters. The Bertz CT molecular complexity index is 2030. The third kappa shape index (κ3) is 4.66. The van der Waals surface area contributed by atoms with E-state index in [4.69, 9.17) is 43.8 Å². The SMILES string of the molecule is Nc1nc2c(ncn2[C@@H]2O[C@@H]3COP(=O)(O)O[C@H]4[C@H]5OC[C@]4(COP(=O)(O)O[C@@H]2[C@@H]3F)O[C@H]5n2cnc3c(N)ncnc32)c(=O)[nH]1. The van der Waals surface area contributed by atoms with Crippen LogP contribution in [0.1, 0.15) is 12.5 Å². The van der Waals surface area contributed by atoms with Gasteiger partial charge >= 0.3 is 15.6 Å². The van der Waals surface area contributed by atoms with Crippen LogP contribution in [0.2, 0.25) is 0 Å². The van der Waals surface area contributed by atoms with E-state index in [2.05, 4.69) is 29.9 Å². The van der Waals surface area contributed by atoms with Gasteiger partial charge in [0.15, 0.2) is 41.3 Å². The summed E-state index contributed by atoms with van der Waals surface area (Å²) >= 11 is 0. The van der Waals surface area contributed by atoms with Crippen molar-refractivity contribution in [3.63, 3.8) is 0 Å². The van der Waals surface area contributed by atoms with Gasteiger partial charge in [-0.25, -0.2) is 33.5 Å². The molecule has 4 aliphatic heterocycles. The molecule has 8 rings (SSSR count). The second kappa shape index (κ2) is 10.3. The number of nitrogens with zero attached hydrogens (tertiary/aromatic N) is 7. The second-order valence-electron chi connectivity index (χ2n) is 10.8. The minimum absolute atomic E-state index is 0.0795. The van der Waals surface area contributed by atoms with E-state index < -0.39 is 83.1 Å². The number of nitrogens with one attached hydrogen (secondary N) is 1. The summed E-state index contributed by atoms with van der Waals surface area (Å²) in [6, 6.07) is 0. The monoisotopic (exact) mass is 688 g/mol. The number of imidazole rings is 2. The Morgan fingerprint density at radius 3 is 2.50 bits per heavy atom. The number of ether oxygens (including phenoxy) is 3. The zero-order valence-corrected chi connectivity index (χ0v) is 24.7. The van der Waals surface area contributed by atoms with Crippen LogP contribution in [0.4, 0.5) is 16.2 Å². The zero-order valence-electron chi connectivity index (χ0n) is 22.9. The van der Waals surface area contributed by atoms with E-state index in [0.717, 1.165) is 10.9 Å². The van der Waals surface area contributed by atoms with Crippen LogP contribution in [0.3, 0.4) is 0 Å². The molecule has 4 saturated heterocycles. The maximum Gasteiger partial charge on any atom is 0.472 e. The number of rotatable bonds is 2. The van der Waals surface area contributed by atoms with Crippen LogP contribution in [-0.4, -0.2) is 105 Å². The molecule has 46 heavy (non-hydrogen) atoms. The molecule has 0 amide bonds. The van der Waals surface area contributed by atoms with E-state index in [-0.39, 0.29) is 40.7 Å². The summed E-state index contributed by atoms with van der Waals surface area (Å²) in [5.74, 6) is -0.223. The highest BCUT2D eigenvalue weighted by atomic mass is 31.2. The number of halogens is 1. The van der Waals surface area contributed by atoms with Crippen LogP contribution in [0.25, 0.3) is 22.3 Å². The first-order valence-corrected chi connectivity index (χ1v) is 16.4. The van der Waals surface area contributed by atoms with Crippen LogP contribution >= 0.6 is 15.6 Å². The predicted molar refractivity (Wildman–Crippen MR) is 145 cm³/mol. The molecule has 4 fully saturated rings. The molecule has 2 unspecified atom stereocenters. The molecule has 0 aromatic carbocycles. The van der Waals surface area contributed by atoms with Crippen molar-refractivity contribution in [2.45, 2.75) is 48.6 Å². The Kier molecular flexibility index (Phi) is 6.67. The molecule has 22 nitrogen and oxygen atoms in total. The smallest absolute Gasteiger partial charge is 0.382 e. The van der Waals surface area contributed by atoms with Crippen LogP contribution in [0, 0.1) is 0 Å². The van der Waals surface area contributed by atoms with Gasteiger partial charge in [0, 0.05) is 0 Å². The average molecular weight is 688 g/mol. The Hall–Kier alpha value is -3.47. The molecule has 4 aromatic rings. The standard InChI is InChI=1S/C21H23FN10O12P2/c22-8-7-1-39-45(34,35)44-13-12-19(31-5-27-9-14(23)25-4-26-15(9)31)42-21(13,2-38-12)3-40-46(36,37)43-11(8)18(41-7)32-6-28-10-16(32)29-20(24)30-17(10)33/h4-8,11-13,18-19H,1-3H2,(H,34,35)(H,36,37)(H2,23,25,26)(H3,24,29,30,33)/t7-,8-,11-,12-,13+,18-,19-,21-/m1/s1. The number of aromatic amines is 1. The van der Waals surface area contributed by atoms with Gasteiger partial charge in [0.2, 0.25) is 5.95 Å². The summed E-state index contributed by atoms with van der Waals surface area (Å²) in [6.07, 6.45) is -7.48. The van der Waals surface area contributed by atoms with Crippen LogP contribution < -0.4 is 17.0 Å². The minimum atomic E-state index is -5.19. The number of H-pyrrole nitrogens is 1. The number of fused-ring (bicyclic) bond motifs is 4. The van der Waals surface area contributed by atoms with Gasteiger partial charge in [-0.2, -0.15) is 4.98 Å². The highest BCUT2D eigenvalue weighted by Gasteiger charge is 2.66. The quantitative estimate of drug-likeness (QED) is 0.158. The summed E-state index contributed by atoms with van der Waals surface area (Å²) in [5, 5.41) is 0. The highest BCUT2D eigenvalue weighted by Crippen LogP contribution is 2.58. The van der Waals surface area contributed by atoms with E-state index in [0.29, 0.717) is 0 Å². The van der Waals surface area contributed by atoms with E-state index in [9.17, 15) is 23.7 Å². The number of anilines is 2. The maximum absolute atomic E-state index is 15.8. The fourth-order valence-corrected chi connectivity index (χ4v) is 7.91. The van der Waals surface area contributed by atoms with Gasteiger partial charge in [-0.3, -0.25) is 37.0 Å². The lowest BCUT2D eigenvalue weighted by Gasteiger charge is -2.32. The Labute approximate surface area is 253 Å². The molecule has 0 aliphatic carbocycles. The molecule has 0 spiro atoms. The molecule has 7 N–H and O–H groups in total. The molecule has 25 heteroatoms. The van der Waals surface area contributed by atoms with Crippen molar-refractivity contribution in [1.29, 1.82) is 0 Å². The lowest BCUT2D eigenvalue weighted by molar-refractivity contribution is -0.184. The molecule has 4 aliphatic rings. The van der Waals surface area contributed by atoms with E-state index in [1.807, 2.05) is 0 Å². The predicted octanol–water partition coefficient (Wildman–Crippen LogP) is -0.956. The Morgan fingerprint density at radius 2 is 1.70 bits per heavy atom. The van der Waals surface area contributed by atoms with Gasteiger partial charge in [0.1, 0.15) is 41.9 Å². The summed E-state index contributed by atoms with van der Waals surface area (Å²) in [6.45, 7) is -2.01. The topological polar surface area (TPSA) is 298 Å². The Balaban J connectivity index is 1.14. The number of nitrogens with two attached hydrogens (primary N) is 2. The van der Waals surface area contributed by atoms with Gasteiger partial charge in [-0.05, 0) is 0 Å². The van der Waals surface area contributed by atoms with E-state index >= 15 is 4.39 Å². The number of hydrogen-bond donors (Lipinski definition) is 5. The van der Waals surface area contributed by atoms with Gasteiger partial charge < -0.3 is 35.5 Å². The summed E-state index contributed by atoms with van der Waals surface area (Å²) in [7, 11) is -10.2. The van der Waals surface area contributed by atoms with Crippen LogP contribution in [0.5, 0.6) is 0 Å². The van der Waals surface area contributed by atoms with Crippen molar-refractivity contribution in [3.05, 3.63) is 29.3 Å². The number of phosphoric ester groups is 2. The van der Waals surface area contributed by atoms with Gasteiger partial charge in [0.25, 0.3) is 5.56 Å². The Morgan fingerprint density at radius 1 is 0.957 bits per heavy atom. The van der Waals surface area contributed by atoms with Gasteiger partial charge in [-0.15, -0.1) is 0 Å². The number of hydrogen-bond acceptors (Lipinski definition) is 17. The number of nitrogen functional groups attached to an aromatic ring is 2. The van der Waals surface area contributed by atoms with Crippen molar-refractivity contribution in [2.24, 2.45) is 0 Å². The molecular formula is C21H23FN10O12P2. The number of alkyl halides is 1. The average Bonchev–Trinajstić information content (AvgIpc) is 3.80. The molecule has 4 bridgehead atoms. The summed E-state index contributed by atoms with van der Waals surface area (Å²) < 4.78 is 83.9. The number of aromatic nitrogens is 8. The fourth-order valence-electron chi connectivity index (χ4n) is 5.94. The van der Waals surface area contributed by atoms with Gasteiger partial charge in [0.05, 0.1) is 32.5 Å².